The molecule has 2 rings (SSSR count). The maximum absolute atomic E-state index is 11.7. The van der Waals surface area contributed by atoms with E-state index in [-0.39, 0.29) is 11.4 Å². The van der Waals surface area contributed by atoms with Crippen molar-refractivity contribution in [1.82, 2.24) is 15.6 Å². The topological polar surface area (TPSA) is 107 Å². The van der Waals surface area contributed by atoms with E-state index < -0.39 is 11.5 Å². The molecule has 0 aliphatic heterocycles. The lowest BCUT2D eigenvalue weighted by atomic mass is 10.1. The van der Waals surface area contributed by atoms with E-state index in [4.69, 9.17) is 0 Å². The summed E-state index contributed by atoms with van der Waals surface area (Å²) in [5.74, 6) is -0.502. The molecule has 0 saturated heterocycles. The average Bonchev–Trinajstić information content (AvgIpc) is 2.51. The van der Waals surface area contributed by atoms with Gasteiger partial charge in [-0.15, -0.1) is 0 Å². The Labute approximate surface area is 126 Å². The van der Waals surface area contributed by atoms with Crippen LogP contribution in [0, 0.1) is 0 Å². The van der Waals surface area contributed by atoms with E-state index in [1.807, 2.05) is 6.92 Å². The molecule has 0 radical (unpaired) electrons. The zero-order valence-electron chi connectivity index (χ0n) is 11.8. The molecule has 0 spiro atoms. The molecule has 7 heteroatoms. The van der Waals surface area contributed by atoms with Crippen molar-refractivity contribution in [3.8, 4) is 5.75 Å². The van der Waals surface area contributed by atoms with Gasteiger partial charge in [0, 0.05) is 17.2 Å². The Morgan fingerprint density at radius 2 is 2.09 bits per heavy atom. The van der Waals surface area contributed by atoms with Gasteiger partial charge in [-0.1, -0.05) is 24.3 Å². The second-order valence-corrected chi connectivity index (χ2v) is 4.29. The monoisotopic (exact) mass is 298 g/mol. The van der Waals surface area contributed by atoms with Crippen LogP contribution in [0.2, 0.25) is 0 Å². The molecule has 0 aliphatic rings. The summed E-state index contributed by atoms with van der Waals surface area (Å²) in [5, 5.41) is 19.5. The average molecular weight is 298 g/mol. The minimum atomic E-state index is -0.573. The third kappa shape index (κ3) is 3.66. The largest absolute Gasteiger partial charge is 0.507 e. The zero-order chi connectivity index (χ0) is 15.9. The number of hydrazone groups is 1. The molecule has 112 valence electrons. The number of aromatic hydroxyl groups is 1. The molecule has 0 fully saturated rings. The summed E-state index contributed by atoms with van der Waals surface area (Å²) < 4.78 is 0. The molecule has 1 aromatic carbocycles. The number of nitrogens with one attached hydrogen (secondary N) is 2. The van der Waals surface area contributed by atoms with Gasteiger partial charge < -0.3 is 5.11 Å². The summed E-state index contributed by atoms with van der Waals surface area (Å²) in [6.07, 6.45) is 4.89. The van der Waals surface area contributed by atoms with Gasteiger partial charge in [0.15, 0.2) is 5.69 Å². The number of phenols is 1. The minimum absolute atomic E-state index is 0.0311. The molecule has 2 aromatic rings. The summed E-state index contributed by atoms with van der Waals surface area (Å²) in [5.41, 5.74) is 3.01. The SMILES string of the molecule is C/C=C/c1cccc(/C=N/NC(=O)c2ccc(=O)[nH]n2)c1O. The van der Waals surface area contributed by atoms with E-state index in [0.717, 1.165) is 0 Å². The highest BCUT2D eigenvalue weighted by Crippen LogP contribution is 2.22. The van der Waals surface area contributed by atoms with Crippen LogP contribution >= 0.6 is 0 Å². The number of hydrogen-bond acceptors (Lipinski definition) is 5. The molecule has 0 bridgehead atoms. The van der Waals surface area contributed by atoms with Gasteiger partial charge in [0.2, 0.25) is 0 Å². The normalized spacial score (nSPS) is 11.1. The molecule has 0 aliphatic carbocycles. The number of amides is 1. The van der Waals surface area contributed by atoms with Crippen LogP contribution in [0.25, 0.3) is 6.08 Å². The Bertz CT molecular complexity index is 773. The second-order valence-electron chi connectivity index (χ2n) is 4.29. The standard InChI is InChI=1S/C15H14N4O3/c1-2-4-10-5-3-6-11(14(10)21)9-16-19-15(22)12-7-8-13(20)18-17-12/h2-9,21H,1H3,(H,18,20)(H,19,22)/b4-2+,16-9+. The number of phenolic OH excluding ortho intramolecular Hbond substituents is 1. The van der Waals surface area contributed by atoms with Gasteiger partial charge in [-0.3, -0.25) is 9.59 Å². The second kappa shape index (κ2) is 6.98. The molecule has 1 amide bonds. The molecule has 1 aromatic heterocycles. The first kappa shape index (κ1) is 15.2. The highest BCUT2D eigenvalue weighted by Gasteiger charge is 2.06. The lowest BCUT2D eigenvalue weighted by Gasteiger charge is -2.03. The van der Waals surface area contributed by atoms with Crippen molar-refractivity contribution in [2.45, 2.75) is 6.92 Å². The lowest BCUT2D eigenvalue weighted by Crippen LogP contribution is -2.21. The summed E-state index contributed by atoms with van der Waals surface area (Å²) in [7, 11) is 0. The first-order chi connectivity index (χ1) is 10.6. The molecule has 1 heterocycles. The molecule has 22 heavy (non-hydrogen) atoms. The fourth-order valence-electron chi connectivity index (χ4n) is 1.69. The van der Waals surface area contributed by atoms with Crippen LogP contribution in [0.5, 0.6) is 5.75 Å². The number of para-hydroxylation sites is 1. The lowest BCUT2D eigenvalue weighted by molar-refractivity contribution is 0.0949. The van der Waals surface area contributed by atoms with Crippen molar-refractivity contribution in [3.05, 3.63) is 63.6 Å². The van der Waals surface area contributed by atoms with Gasteiger partial charge in [-0.25, -0.2) is 10.5 Å². The number of H-pyrrole nitrogens is 1. The first-order valence-corrected chi connectivity index (χ1v) is 6.45. The van der Waals surface area contributed by atoms with E-state index in [0.29, 0.717) is 11.1 Å². The van der Waals surface area contributed by atoms with Crippen molar-refractivity contribution in [2.24, 2.45) is 5.10 Å². The van der Waals surface area contributed by atoms with Crippen LogP contribution in [-0.2, 0) is 0 Å². The number of benzene rings is 1. The minimum Gasteiger partial charge on any atom is -0.507 e. The summed E-state index contributed by atoms with van der Waals surface area (Å²) in [6.45, 7) is 1.84. The van der Waals surface area contributed by atoms with Crippen molar-refractivity contribution in [2.75, 3.05) is 0 Å². The Morgan fingerprint density at radius 3 is 2.77 bits per heavy atom. The predicted octanol–water partition coefficient (Wildman–Crippen LogP) is 1.27. The number of rotatable bonds is 4. The fourth-order valence-corrected chi connectivity index (χ4v) is 1.69. The van der Waals surface area contributed by atoms with E-state index in [2.05, 4.69) is 20.7 Å². The summed E-state index contributed by atoms with van der Waals surface area (Å²) in [4.78, 5) is 22.6. The third-order valence-corrected chi connectivity index (χ3v) is 2.73. The van der Waals surface area contributed by atoms with E-state index in [1.54, 1.807) is 30.4 Å². The maximum Gasteiger partial charge on any atom is 0.291 e. The number of aromatic nitrogens is 2. The quantitative estimate of drug-likeness (QED) is 0.583. The van der Waals surface area contributed by atoms with Crippen LogP contribution in [0.4, 0.5) is 0 Å². The van der Waals surface area contributed by atoms with Crippen molar-refractivity contribution in [3.63, 3.8) is 0 Å². The molecule has 7 nitrogen and oxygen atoms in total. The fraction of sp³-hybridized carbons (Fsp3) is 0.0667. The van der Waals surface area contributed by atoms with Gasteiger partial charge >= 0.3 is 0 Å². The molecule has 3 N–H and O–H groups in total. The molecular formula is C15H14N4O3. The third-order valence-electron chi connectivity index (χ3n) is 2.73. The van der Waals surface area contributed by atoms with Crippen LogP contribution in [-0.4, -0.2) is 27.4 Å². The van der Waals surface area contributed by atoms with Crippen LogP contribution < -0.4 is 11.0 Å². The van der Waals surface area contributed by atoms with E-state index >= 15 is 0 Å². The molecular weight excluding hydrogens is 284 g/mol. The van der Waals surface area contributed by atoms with Crippen LogP contribution in [0.1, 0.15) is 28.5 Å². The molecule has 0 atom stereocenters. The van der Waals surface area contributed by atoms with E-state index in [9.17, 15) is 14.7 Å². The van der Waals surface area contributed by atoms with Gasteiger partial charge in [-0.05, 0) is 19.1 Å². The smallest absolute Gasteiger partial charge is 0.291 e. The molecule has 0 saturated carbocycles. The number of carbonyl (C=O) groups excluding carboxylic acids is 1. The van der Waals surface area contributed by atoms with Gasteiger partial charge in [0.05, 0.1) is 6.21 Å². The van der Waals surface area contributed by atoms with Crippen molar-refractivity contribution in [1.29, 1.82) is 0 Å². The molecule has 0 unspecified atom stereocenters. The number of nitrogens with zero attached hydrogens (tertiary/aromatic N) is 2. The summed E-state index contributed by atoms with van der Waals surface area (Å²) in [6, 6.07) is 7.67. The number of allylic oxidation sites excluding steroid dienone is 1. The Balaban J connectivity index is 2.09. The Kier molecular flexibility index (Phi) is 4.81. The number of aromatic amines is 1. The zero-order valence-corrected chi connectivity index (χ0v) is 11.8. The van der Waals surface area contributed by atoms with Crippen LogP contribution in [0.3, 0.4) is 0 Å². The number of carbonyl (C=O) groups is 1. The highest BCUT2D eigenvalue weighted by molar-refractivity contribution is 5.93. The van der Waals surface area contributed by atoms with Gasteiger partial charge in [-0.2, -0.15) is 10.2 Å². The van der Waals surface area contributed by atoms with Crippen molar-refractivity contribution < 1.29 is 9.90 Å². The van der Waals surface area contributed by atoms with Crippen molar-refractivity contribution >= 4 is 18.2 Å². The maximum atomic E-state index is 11.7. The highest BCUT2D eigenvalue weighted by atomic mass is 16.3. The number of hydrogen-bond donors (Lipinski definition) is 3. The van der Waals surface area contributed by atoms with Gasteiger partial charge in [0.1, 0.15) is 5.75 Å². The summed E-state index contributed by atoms with van der Waals surface area (Å²) >= 11 is 0. The predicted molar refractivity (Wildman–Crippen MR) is 82.7 cm³/mol. The van der Waals surface area contributed by atoms with Gasteiger partial charge in [0.25, 0.3) is 11.5 Å². The Morgan fingerprint density at radius 1 is 1.32 bits per heavy atom. The van der Waals surface area contributed by atoms with E-state index in [1.165, 1.54) is 18.3 Å². The first-order valence-electron chi connectivity index (χ1n) is 6.45. The Hall–Kier alpha value is -3.22. The van der Waals surface area contributed by atoms with Crippen LogP contribution in [0.15, 0.2) is 46.3 Å².